The van der Waals surface area contributed by atoms with E-state index in [0.717, 1.165) is 0 Å². The Labute approximate surface area is 242 Å². The predicted octanol–water partition coefficient (Wildman–Crippen LogP) is 6.16. The van der Waals surface area contributed by atoms with Gasteiger partial charge in [0.25, 0.3) is 0 Å². The van der Waals surface area contributed by atoms with Gasteiger partial charge in [-0.2, -0.15) is 0 Å². The number of benzene rings is 4. The van der Waals surface area contributed by atoms with Crippen molar-refractivity contribution in [1.29, 1.82) is 0 Å². The largest absolute Gasteiger partial charge is 0.497 e. The van der Waals surface area contributed by atoms with E-state index >= 15 is 0 Å². The van der Waals surface area contributed by atoms with Gasteiger partial charge in [0.15, 0.2) is 17.3 Å². The molecule has 0 saturated carbocycles. The molecule has 2 aliphatic heterocycles. The first-order valence-corrected chi connectivity index (χ1v) is 13.7. The summed E-state index contributed by atoms with van der Waals surface area (Å²) < 4.78 is 25.2. The molecule has 0 unspecified atom stereocenters. The zero-order valence-electron chi connectivity index (χ0n) is 22.9. The number of ether oxygens (including phenoxy) is 2. The molecule has 3 atom stereocenters. The van der Waals surface area contributed by atoms with Gasteiger partial charge in [0.2, 0.25) is 0 Å². The van der Waals surface area contributed by atoms with Crippen molar-refractivity contribution in [3.63, 3.8) is 0 Å². The van der Waals surface area contributed by atoms with Crippen LogP contribution in [0.3, 0.4) is 0 Å². The summed E-state index contributed by atoms with van der Waals surface area (Å²) in [6.07, 6.45) is 3.52. The molecule has 4 aromatic rings. The van der Waals surface area contributed by atoms with Crippen molar-refractivity contribution in [2.24, 2.45) is 5.41 Å². The van der Waals surface area contributed by atoms with Crippen LogP contribution in [0.25, 0.3) is 6.08 Å². The van der Waals surface area contributed by atoms with E-state index in [1.54, 1.807) is 86.0 Å². The van der Waals surface area contributed by atoms with Gasteiger partial charge in [-0.3, -0.25) is 14.4 Å². The van der Waals surface area contributed by atoms with Crippen molar-refractivity contribution in [3.05, 3.63) is 131 Å². The zero-order valence-corrected chi connectivity index (χ0v) is 22.9. The summed E-state index contributed by atoms with van der Waals surface area (Å²) in [5.41, 5.74) is 1.22. The van der Waals surface area contributed by atoms with E-state index in [4.69, 9.17) is 9.47 Å². The van der Waals surface area contributed by atoms with Crippen LogP contribution in [0.5, 0.6) is 11.5 Å². The third-order valence-corrected chi connectivity index (χ3v) is 8.86. The Hall–Kier alpha value is -5.04. The number of carbonyl (C=O) groups excluding carboxylic acids is 3. The van der Waals surface area contributed by atoms with Gasteiger partial charge < -0.3 is 14.4 Å². The Morgan fingerprint density at radius 2 is 1.50 bits per heavy atom. The normalized spacial score (nSPS) is 21.2. The zero-order chi connectivity index (χ0) is 29.2. The minimum Gasteiger partial charge on any atom is -0.497 e. The van der Waals surface area contributed by atoms with Crippen molar-refractivity contribution in [1.82, 2.24) is 0 Å². The van der Waals surface area contributed by atoms with Gasteiger partial charge in [-0.25, -0.2) is 4.39 Å². The highest BCUT2D eigenvalue weighted by atomic mass is 19.1. The van der Waals surface area contributed by atoms with E-state index in [-0.39, 0.29) is 17.3 Å². The van der Waals surface area contributed by atoms with Crippen LogP contribution in [0.4, 0.5) is 10.1 Å². The van der Waals surface area contributed by atoms with Gasteiger partial charge in [0.05, 0.1) is 20.3 Å². The molecule has 3 aliphatic rings. The minimum absolute atomic E-state index is 0.279. The Balaban J connectivity index is 1.53. The Morgan fingerprint density at radius 3 is 2.17 bits per heavy atom. The van der Waals surface area contributed by atoms with Crippen LogP contribution in [-0.4, -0.2) is 43.7 Å². The maximum atomic E-state index is 14.7. The van der Waals surface area contributed by atoms with E-state index in [1.165, 1.54) is 19.2 Å². The molecule has 7 heteroatoms. The summed E-state index contributed by atoms with van der Waals surface area (Å²) in [4.78, 5) is 45.9. The number of anilines is 1. The third kappa shape index (κ3) is 3.46. The average molecular weight is 560 g/mol. The molecule has 208 valence electrons. The maximum absolute atomic E-state index is 14.7. The molecule has 7 rings (SSSR count). The van der Waals surface area contributed by atoms with Gasteiger partial charge in [-0.15, -0.1) is 0 Å². The van der Waals surface area contributed by atoms with Gasteiger partial charge in [-0.05, 0) is 48.0 Å². The molecule has 1 spiro atoms. The summed E-state index contributed by atoms with van der Waals surface area (Å²) in [6.45, 7) is 0. The van der Waals surface area contributed by atoms with Crippen molar-refractivity contribution in [3.8, 4) is 11.5 Å². The number of ketones is 3. The number of halogens is 1. The fourth-order valence-electron chi connectivity index (χ4n) is 7.08. The monoisotopic (exact) mass is 559 g/mol. The molecule has 0 bridgehead atoms. The van der Waals surface area contributed by atoms with Gasteiger partial charge in [0, 0.05) is 33.9 Å². The maximum Gasteiger partial charge on any atom is 0.186 e. The lowest BCUT2D eigenvalue weighted by Crippen LogP contribution is -2.48. The molecule has 4 aromatic carbocycles. The summed E-state index contributed by atoms with van der Waals surface area (Å²) in [5.74, 6) is -1.11. The van der Waals surface area contributed by atoms with E-state index in [9.17, 15) is 18.8 Å². The standard InChI is InChI=1S/C35H26FNO5/c1-41-24-14-10-20(11-15-24)30-31(32(38)22-6-5-7-25(19-22)42-2)37-28-16-13-23(36)18-21(28)12-17-29(37)35(30)33(39)26-8-3-4-9-27(26)34(35)40/h3-19,29-31H,1-2H3/t29-,30-,31+/m0/s1. The van der Waals surface area contributed by atoms with Crippen LogP contribution in [0.15, 0.2) is 97.1 Å². The number of carbonyl (C=O) groups is 3. The number of methoxy groups -OCH3 is 2. The van der Waals surface area contributed by atoms with Crippen LogP contribution in [0.1, 0.15) is 48.1 Å². The third-order valence-electron chi connectivity index (χ3n) is 8.86. The number of rotatable bonds is 5. The highest BCUT2D eigenvalue weighted by Gasteiger charge is 2.71. The predicted molar refractivity (Wildman–Crippen MR) is 156 cm³/mol. The van der Waals surface area contributed by atoms with Crippen LogP contribution in [0.2, 0.25) is 0 Å². The lowest BCUT2D eigenvalue weighted by molar-refractivity contribution is 0.0666. The first-order valence-electron chi connectivity index (χ1n) is 13.7. The van der Waals surface area contributed by atoms with Crippen molar-refractivity contribution in [2.75, 3.05) is 19.1 Å². The lowest BCUT2D eigenvalue weighted by atomic mass is 9.64. The second-order valence-corrected chi connectivity index (χ2v) is 10.8. The second kappa shape index (κ2) is 9.52. The van der Waals surface area contributed by atoms with E-state index in [2.05, 4.69) is 0 Å². The molecule has 1 fully saturated rings. The highest BCUT2D eigenvalue weighted by molar-refractivity contribution is 6.32. The number of nitrogens with zero attached hydrogens (tertiary/aromatic N) is 1. The molecular weight excluding hydrogens is 533 g/mol. The smallest absolute Gasteiger partial charge is 0.186 e. The first-order chi connectivity index (χ1) is 20.4. The van der Waals surface area contributed by atoms with Crippen LogP contribution >= 0.6 is 0 Å². The minimum atomic E-state index is -1.64. The molecule has 1 saturated heterocycles. The Kier molecular flexibility index (Phi) is 5.87. The molecule has 42 heavy (non-hydrogen) atoms. The van der Waals surface area contributed by atoms with Crippen LogP contribution in [-0.2, 0) is 0 Å². The number of hydrogen-bond donors (Lipinski definition) is 0. The van der Waals surface area contributed by atoms with Crippen molar-refractivity contribution >= 4 is 29.1 Å². The second-order valence-electron chi connectivity index (χ2n) is 10.8. The van der Waals surface area contributed by atoms with E-state index in [0.29, 0.717) is 45.0 Å². The van der Waals surface area contributed by atoms with Crippen molar-refractivity contribution in [2.45, 2.75) is 18.0 Å². The Morgan fingerprint density at radius 1 is 0.810 bits per heavy atom. The first kappa shape index (κ1) is 25.9. The summed E-state index contributed by atoms with van der Waals surface area (Å²) in [5, 5.41) is 0. The van der Waals surface area contributed by atoms with Gasteiger partial charge in [-0.1, -0.05) is 60.7 Å². The van der Waals surface area contributed by atoms with Crippen LogP contribution < -0.4 is 14.4 Å². The van der Waals surface area contributed by atoms with Crippen molar-refractivity contribution < 1.29 is 28.2 Å². The molecule has 0 amide bonds. The SMILES string of the molecule is COc1ccc([C@H]2[C@H](C(=O)c3cccc(OC)c3)N3c4ccc(F)cc4C=C[C@H]3C23C(=O)c2ccccc2C3=O)cc1. The number of fused-ring (bicyclic) bond motifs is 5. The summed E-state index contributed by atoms with van der Waals surface area (Å²) in [7, 11) is 3.08. The molecule has 1 aliphatic carbocycles. The molecule has 2 heterocycles. The molecule has 0 aromatic heterocycles. The number of hydrogen-bond acceptors (Lipinski definition) is 6. The number of Topliss-reactive ketones (excluding diaryl/α,β-unsaturated/α-hetero) is 3. The molecule has 0 radical (unpaired) electrons. The highest BCUT2D eigenvalue weighted by Crippen LogP contribution is 2.61. The summed E-state index contributed by atoms with van der Waals surface area (Å²) in [6, 6.07) is 23.4. The summed E-state index contributed by atoms with van der Waals surface area (Å²) >= 11 is 0. The molecular formula is C35H26FNO5. The lowest BCUT2D eigenvalue weighted by Gasteiger charge is -2.37. The van der Waals surface area contributed by atoms with E-state index in [1.807, 2.05) is 17.0 Å². The van der Waals surface area contributed by atoms with Gasteiger partial charge in [0.1, 0.15) is 28.8 Å². The molecule has 0 N–H and O–H groups in total. The topological polar surface area (TPSA) is 72.9 Å². The average Bonchev–Trinajstić information content (AvgIpc) is 3.46. The fraction of sp³-hybridized carbons (Fsp3) is 0.171. The van der Waals surface area contributed by atoms with Crippen LogP contribution in [0, 0.1) is 11.2 Å². The Bertz CT molecular complexity index is 1780. The van der Waals surface area contributed by atoms with Gasteiger partial charge >= 0.3 is 0 Å². The quantitative estimate of drug-likeness (QED) is 0.216. The fourth-order valence-corrected chi connectivity index (χ4v) is 7.08. The van der Waals surface area contributed by atoms with E-state index < -0.39 is 29.2 Å². The molecule has 6 nitrogen and oxygen atoms in total.